The largest absolute Gasteiger partial charge is 0.480 e. The van der Waals surface area contributed by atoms with Crippen LogP contribution in [0.5, 0.6) is 0 Å². The molecule has 98 valence electrons. The molecule has 1 aliphatic rings. The standard InChI is InChI=1S/C11H21N3O3/c12-10(15)8-14(9-11(16)17)7-6-13-4-2-1-3-5-13/h1-9H2,(H2,12,15)(H,16,17). The third-order valence-corrected chi connectivity index (χ3v) is 2.92. The number of rotatable bonds is 7. The van der Waals surface area contributed by atoms with Crippen molar-refractivity contribution in [1.29, 1.82) is 0 Å². The van der Waals surface area contributed by atoms with Gasteiger partial charge in [0.25, 0.3) is 0 Å². The number of nitrogens with zero attached hydrogens (tertiary/aromatic N) is 2. The molecule has 0 unspecified atom stereocenters. The molecule has 0 radical (unpaired) electrons. The minimum Gasteiger partial charge on any atom is -0.480 e. The number of nitrogens with two attached hydrogens (primary N) is 1. The van der Waals surface area contributed by atoms with Crippen molar-refractivity contribution in [3.8, 4) is 0 Å². The summed E-state index contributed by atoms with van der Waals surface area (Å²) in [5, 5.41) is 8.73. The first-order valence-electron chi connectivity index (χ1n) is 6.03. The van der Waals surface area contributed by atoms with E-state index in [4.69, 9.17) is 10.8 Å². The summed E-state index contributed by atoms with van der Waals surface area (Å²) in [4.78, 5) is 25.3. The van der Waals surface area contributed by atoms with Crippen LogP contribution in [0.3, 0.4) is 0 Å². The average molecular weight is 243 g/mol. The van der Waals surface area contributed by atoms with E-state index in [9.17, 15) is 9.59 Å². The lowest BCUT2D eigenvalue weighted by Crippen LogP contribution is -2.43. The normalized spacial score (nSPS) is 17.2. The van der Waals surface area contributed by atoms with Crippen LogP contribution >= 0.6 is 0 Å². The molecule has 6 nitrogen and oxygen atoms in total. The number of carbonyl (C=O) groups is 2. The summed E-state index contributed by atoms with van der Waals surface area (Å²) in [5.41, 5.74) is 5.09. The Hall–Kier alpha value is -1.14. The number of carboxylic acids is 1. The van der Waals surface area contributed by atoms with Crippen molar-refractivity contribution >= 4 is 11.9 Å². The molecule has 0 spiro atoms. The number of likely N-dealkylation sites (tertiary alicyclic amines) is 1. The van der Waals surface area contributed by atoms with E-state index in [0.717, 1.165) is 19.6 Å². The first-order valence-corrected chi connectivity index (χ1v) is 6.03. The second-order valence-electron chi connectivity index (χ2n) is 4.47. The number of aliphatic carboxylic acids is 1. The van der Waals surface area contributed by atoms with Gasteiger partial charge in [-0.05, 0) is 25.9 Å². The maximum absolute atomic E-state index is 10.8. The molecule has 0 aromatic carbocycles. The molecule has 17 heavy (non-hydrogen) atoms. The van der Waals surface area contributed by atoms with Crippen molar-refractivity contribution in [2.75, 3.05) is 39.3 Å². The highest BCUT2D eigenvalue weighted by Gasteiger charge is 2.15. The van der Waals surface area contributed by atoms with E-state index in [1.54, 1.807) is 4.90 Å². The van der Waals surface area contributed by atoms with Gasteiger partial charge in [0.2, 0.25) is 5.91 Å². The second-order valence-corrected chi connectivity index (χ2v) is 4.47. The van der Waals surface area contributed by atoms with Crippen LogP contribution in [0, 0.1) is 0 Å². The zero-order valence-electron chi connectivity index (χ0n) is 10.1. The maximum atomic E-state index is 10.8. The van der Waals surface area contributed by atoms with E-state index >= 15 is 0 Å². The molecule has 1 aliphatic heterocycles. The number of hydrogen-bond donors (Lipinski definition) is 2. The monoisotopic (exact) mass is 243 g/mol. The number of hydrogen-bond acceptors (Lipinski definition) is 4. The van der Waals surface area contributed by atoms with Crippen molar-refractivity contribution in [3.63, 3.8) is 0 Å². The summed E-state index contributed by atoms with van der Waals surface area (Å²) in [6, 6.07) is 0. The quantitative estimate of drug-likeness (QED) is 0.620. The fraction of sp³-hybridized carbons (Fsp3) is 0.818. The fourth-order valence-electron chi connectivity index (χ4n) is 2.09. The molecule has 6 heteroatoms. The lowest BCUT2D eigenvalue weighted by atomic mass is 10.1. The first-order chi connectivity index (χ1) is 8.08. The Bertz CT molecular complexity index is 249. The van der Waals surface area contributed by atoms with E-state index in [2.05, 4.69) is 4.90 Å². The van der Waals surface area contributed by atoms with Gasteiger partial charge < -0.3 is 15.7 Å². The highest BCUT2D eigenvalue weighted by molar-refractivity contribution is 5.77. The van der Waals surface area contributed by atoms with Gasteiger partial charge in [0.1, 0.15) is 0 Å². The highest BCUT2D eigenvalue weighted by Crippen LogP contribution is 2.08. The van der Waals surface area contributed by atoms with Crippen LogP contribution in [0.25, 0.3) is 0 Å². The topological polar surface area (TPSA) is 86.9 Å². The average Bonchev–Trinajstić information content (AvgIpc) is 2.26. The van der Waals surface area contributed by atoms with Crippen LogP contribution in [0.4, 0.5) is 0 Å². The van der Waals surface area contributed by atoms with E-state index in [-0.39, 0.29) is 13.1 Å². The fourth-order valence-corrected chi connectivity index (χ4v) is 2.09. The smallest absolute Gasteiger partial charge is 0.317 e. The molecule has 1 amide bonds. The molecule has 3 N–H and O–H groups in total. The van der Waals surface area contributed by atoms with Crippen LogP contribution in [-0.4, -0.2) is 66.1 Å². The van der Waals surface area contributed by atoms with Gasteiger partial charge in [-0.15, -0.1) is 0 Å². The third-order valence-electron chi connectivity index (χ3n) is 2.92. The number of carbonyl (C=O) groups excluding carboxylic acids is 1. The number of carboxylic acid groups (broad SMARTS) is 1. The minimum absolute atomic E-state index is 0.0140. The van der Waals surface area contributed by atoms with Gasteiger partial charge in [-0.3, -0.25) is 14.5 Å². The highest BCUT2D eigenvalue weighted by atomic mass is 16.4. The zero-order chi connectivity index (χ0) is 12.7. The molecule has 1 saturated heterocycles. The summed E-state index contributed by atoms with van der Waals surface area (Å²) in [5.74, 6) is -1.41. The summed E-state index contributed by atoms with van der Waals surface area (Å²) < 4.78 is 0. The van der Waals surface area contributed by atoms with E-state index in [1.807, 2.05) is 0 Å². The van der Waals surface area contributed by atoms with Crippen LogP contribution in [0.15, 0.2) is 0 Å². The maximum Gasteiger partial charge on any atom is 0.317 e. The Labute approximate surface area is 101 Å². The molecule has 0 bridgehead atoms. The van der Waals surface area contributed by atoms with Gasteiger partial charge in [-0.25, -0.2) is 0 Å². The Kier molecular flexibility index (Phi) is 5.93. The van der Waals surface area contributed by atoms with E-state index < -0.39 is 11.9 Å². The van der Waals surface area contributed by atoms with Crippen molar-refractivity contribution in [1.82, 2.24) is 9.80 Å². The molecule has 1 fully saturated rings. The van der Waals surface area contributed by atoms with Gasteiger partial charge in [0, 0.05) is 13.1 Å². The Morgan fingerprint density at radius 3 is 2.35 bits per heavy atom. The molecule has 0 aromatic heterocycles. The lowest BCUT2D eigenvalue weighted by molar-refractivity contribution is -0.138. The van der Waals surface area contributed by atoms with Crippen LogP contribution < -0.4 is 5.73 Å². The number of piperidine rings is 1. The Morgan fingerprint density at radius 1 is 1.18 bits per heavy atom. The molecule has 1 heterocycles. The van der Waals surface area contributed by atoms with E-state index in [1.165, 1.54) is 19.3 Å². The van der Waals surface area contributed by atoms with Gasteiger partial charge >= 0.3 is 5.97 Å². The zero-order valence-corrected chi connectivity index (χ0v) is 10.1. The second kappa shape index (κ2) is 7.24. The van der Waals surface area contributed by atoms with Crippen molar-refractivity contribution in [2.45, 2.75) is 19.3 Å². The molecule has 0 saturated carbocycles. The summed E-state index contributed by atoms with van der Waals surface area (Å²) in [6.45, 7) is 3.40. The first kappa shape index (κ1) is 13.9. The molecule has 0 aliphatic carbocycles. The van der Waals surface area contributed by atoms with Crippen molar-refractivity contribution < 1.29 is 14.7 Å². The molecule has 0 atom stereocenters. The van der Waals surface area contributed by atoms with Crippen LogP contribution in [-0.2, 0) is 9.59 Å². The Morgan fingerprint density at radius 2 is 1.82 bits per heavy atom. The Balaban J connectivity index is 2.31. The minimum atomic E-state index is -0.926. The molecular weight excluding hydrogens is 222 g/mol. The van der Waals surface area contributed by atoms with E-state index in [0.29, 0.717) is 6.54 Å². The van der Waals surface area contributed by atoms with Crippen LogP contribution in [0.2, 0.25) is 0 Å². The summed E-state index contributed by atoms with van der Waals surface area (Å²) in [7, 11) is 0. The molecular formula is C11H21N3O3. The number of amides is 1. The van der Waals surface area contributed by atoms with Crippen molar-refractivity contribution in [2.24, 2.45) is 5.73 Å². The molecule has 1 rings (SSSR count). The van der Waals surface area contributed by atoms with Gasteiger partial charge in [-0.2, -0.15) is 0 Å². The summed E-state index contributed by atoms with van der Waals surface area (Å²) in [6.07, 6.45) is 3.68. The van der Waals surface area contributed by atoms with Gasteiger partial charge in [0.15, 0.2) is 0 Å². The predicted molar refractivity (Wildman–Crippen MR) is 63.6 cm³/mol. The molecule has 0 aromatic rings. The third kappa shape index (κ3) is 6.23. The van der Waals surface area contributed by atoms with Crippen molar-refractivity contribution in [3.05, 3.63) is 0 Å². The van der Waals surface area contributed by atoms with Gasteiger partial charge in [0.05, 0.1) is 13.1 Å². The van der Waals surface area contributed by atoms with Crippen LogP contribution in [0.1, 0.15) is 19.3 Å². The number of primary amides is 1. The summed E-state index contributed by atoms with van der Waals surface area (Å²) >= 11 is 0. The predicted octanol–water partition coefficient (Wildman–Crippen LogP) is -0.656. The lowest BCUT2D eigenvalue weighted by Gasteiger charge is -2.28. The SMILES string of the molecule is NC(=O)CN(CCN1CCCCC1)CC(=O)O. The van der Waals surface area contributed by atoms with Gasteiger partial charge in [-0.1, -0.05) is 6.42 Å².